The minimum atomic E-state index is 0.466. The van der Waals surface area contributed by atoms with Crippen molar-refractivity contribution in [1.82, 2.24) is 14.8 Å². The van der Waals surface area contributed by atoms with Gasteiger partial charge < -0.3 is 4.74 Å². The van der Waals surface area contributed by atoms with Gasteiger partial charge in [-0.2, -0.15) is 0 Å². The molecule has 2 rings (SSSR count). The Bertz CT molecular complexity index is 689. The van der Waals surface area contributed by atoms with Crippen LogP contribution in [-0.2, 0) is 11.8 Å². The Balaban J connectivity index is 2.64. The van der Waals surface area contributed by atoms with Crippen molar-refractivity contribution in [2.24, 2.45) is 7.05 Å². The van der Waals surface area contributed by atoms with Crippen molar-refractivity contribution in [3.05, 3.63) is 35.3 Å². The lowest BCUT2D eigenvalue weighted by Gasteiger charge is -2.03. The molecule has 0 N–H and O–H groups in total. The summed E-state index contributed by atoms with van der Waals surface area (Å²) >= 11 is 0. The Labute approximate surface area is 117 Å². The molecule has 0 saturated heterocycles. The van der Waals surface area contributed by atoms with Gasteiger partial charge in [0.2, 0.25) is 5.88 Å². The second-order valence-electron chi connectivity index (χ2n) is 4.20. The van der Waals surface area contributed by atoms with Crippen molar-refractivity contribution in [3.63, 3.8) is 0 Å². The first-order valence-electron chi connectivity index (χ1n) is 6.26. The van der Waals surface area contributed by atoms with Crippen LogP contribution in [0, 0.1) is 6.92 Å². The van der Waals surface area contributed by atoms with E-state index in [4.69, 9.17) is 4.74 Å². The van der Waals surface area contributed by atoms with Crippen LogP contribution in [0.1, 0.15) is 18.2 Å². The van der Waals surface area contributed by atoms with Gasteiger partial charge in [-0.1, -0.05) is 0 Å². The maximum absolute atomic E-state index is 10.4. The summed E-state index contributed by atoms with van der Waals surface area (Å²) in [6.45, 7) is 4.30. The molecule has 0 aliphatic carbocycles. The first kappa shape index (κ1) is 13.8. The van der Waals surface area contributed by atoms with Crippen LogP contribution in [0.25, 0.3) is 17.3 Å². The van der Waals surface area contributed by atoms with Crippen LogP contribution in [0.4, 0.5) is 0 Å². The maximum atomic E-state index is 10.4. The van der Waals surface area contributed by atoms with Gasteiger partial charge in [0.15, 0.2) is 5.94 Å². The molecule has 0 atom stereocenters. The van der Waals surface area contributed by atoms with Crippen LogP contribution in [0.5, 0.6) is 5.88 Å². The van der Waals surface area contributed by atoms with Gasteiger partial charge in [-0.25, -0.2) is 4.79 Å². The number of rotatable bonds is 4. The molecule has 2 heterocycles. The number of hydrogen-bond acceptors (Lipinski definition) is 4. The summed E-state index contributed by atoms with van der Waals surface area (Å²) in [4.78, 5) is 14.7. The van der Waals surface area contributed by atoms with Gasteiger partial charge in [-0.3, -0.25) is 9.67 Å². The predicted octanol–water partition coefficient (Wildman–Crippen LogP) is 2.19. The molecule has 0 spiro atoms. The molecular weight excluding hydrogens is 254 g/mol. The zero-order valence-corrected chi connectivity index (χ0v) is 11.7. The molecule has 2 aromatic heterocycles. The maximum Gasteiger partial charge on any atom is 0.241 e. The predicted molar refractivity (Wildman–Crippen MR) is 76.0 cm³/mol. The highest BCUT2D eigenvalue weighted by Crippen LogP contribution is 2.30. The molecule has 0 amide bonds. The summed E-state index contributed by atoms with van der Waals surface area (Å²) in [5.74, 6) is 2.08. The number of aromatic nitrogens is 3. The molecule has 0 aliphatic heterocycles. The number of carbonyl (C=O) groups excluding carboxylic acids is 1. The van der Waals surface area contributed by atoms with E-state index in [1.807, 2.05) is 33.0 Å². The number of aryl methyl sites for hydroxylation is 2. The summed E-state index contributed by atoms with van der Waals surface area (Å²) in [6, 6.07) is 3.88. The van der Waals surface area contributed by atoms with Crippen LogP contribution in [0.2, 0.25) is 0 Å². The summed E-state index contributed by atoms with van der Waals surface area (Å²) in [6.07, 6.45) is 3.30. The molecule has 5 nitrogen and oxygen atoms in total. The molecule has 0 fully saturated rings. The Kier molecular flexibility index (Phi) is 4.16. The van der Waals surface area contributed by atoms with Crippen LogP contribution < -0.4 is 4.74 Å². The van der Waals surface area contributed by atoms with Gasteiger partial charge in [0.1, 0.15) is 0 Å². The monoisotopic (exact) mass is 269 g/mol. The topological polar surface area (TPSA) is 57.0 Å². The van der Waals surface area contributed by atoms with Crippen LogP contribution in [0.3, 0.4) is 0 Å². The standard InChI is InChI=1S/C15H15N3O2/c1-4-20-15-13(6-5-9-19)14(18(3)17-15)12-8-7-11(2)16-10-12/h6-8,10H,4H2,1-3H3. The fraction of sp³-hybridized carbons (Fsp3) is 0.267. The normalized spacial score (nSPS) is 9.75. The molecule has 20 heavy (non-hydrogen) atoms. The third-order valence-corrected chi connectivity index (χ3v) is 2.79. The highest BCUT2D eigenvalue weighted by Gasteiger charge is 2.17. The number of pyridine rings is 1. The van der Waals surface area contributed by atoms with Gasteiger partial charge in [0.05, 0.1) is 17.9 Å². The Hall–Kier alpha value is -2.61. The Morgan fingerprint density at radius 3 is 2.85 bits per heavy atom. The van der Waals surface area contributed by atoms with E-state index in [9.17, 15) is 4.79 Å². The molecule has 2 aromatic rings. The molecule has 0 aromatic carbocycles. The first-order chi connectivity index (χ1) is 9.67. The molecule has 0 unspecified atom stereocenters. The summed E-state index contributed by atoms with van der Waals surface area (Å²) < 4.78 is 7.19. The van der Waals surface area contributed by atoms with E-state index in [0.29, 0.717) is 18.1 Å². The van der Waals surface area contributed by atoms with E-state index in [-0.39, 0.29) is 0 Å². The van der Waals surface area contributed by atoms with E-state index in [1.54, 1.807) is 16.8 Å². The third-order valence-electron chi connectivity index (χ3n) is 2.79. The summed E-state index contributed by atoms with van der Waals surface area (Å²) in [5.41, 5.74) is 5.77. The Morgan fingerprint density at radius 1 is 1.45 bits per heavy atom. The average Bonchev–Trinajstić information content (AvgIpc) is 2.74. The van der Waals surface area contributed by atoms with Crippen LogP contribution in [0.15, 0.2) is 24.1 Å². The molecular formula is C15H15N3O2. The molecule has 0 saturated carbocycles. The molecule has 0 radical (unpaired) electrons. The molecule has 0 aliphatic rings. The van der Waals surface area contributed by atoms with Crippen molar-refractivity contribution in [2.45, 2.75) is 13.8 Å². The van der Waals surface area contributed by atoms with Crippen molar-refractivity contribution in [3.8, 4) is 17.1 Å². The van der Waals surface area contributed by atoms with Crippen molar-refractivity contribution in [2.75, 3.05) is 6.61 Å². The molecule has 102 valence electrons. The minimum Gasteiger partial charge on any atom is -0.476 e. The molecule has 5 heteroatoms. The highest BCUT2D eigenvalue weighted by molar-refractivity contribution is 5.76. The van der Waals surface area contributed by atoms with Gasteiger partial charge in [-0.15, -0.1) is 5.10 Å². The lowest BCUT2D eigenvalue weighted by atomic mass is 10.1. The number of hydrogen-bond donors (Lipinski definition) is 0. The van der Waals surface area contributed by atoms with E-state index in [1.165, 1.54) is 6.08 Å². The second kappa shape index (κ2) is 6.02. The van der Waals surface area contributed by atoms with E-state index in [0.717, 1.165) is 17.0 Å². The average molecular weight is 269 g/mol. The number of nitrogens with zero attached hydrogens (tertiary/aromatic N) is 3. The van der Waals surface area contributed by atoms with Gasteiger partial charge in [-0.05, 0) is 31.7 Å². The van der Waals surface area contributed by atoms with Gasteiger partial charge in [0.25, 0.3) is 0 Å². The zero-order chi connectivity index (χ0) is 14.5. The Morgan fingerprint density at radius 2 is 2.25 bits per heavy atom. The lowest BCUT2D eigenvalue weighted by Crippen LogP contribution is -1.96. The van der Waals surface area contributed by atoms with Crippen molar-refractivity contribution < 1.29 is 9.53 Å². The van der Waals surface area contributed by atoms with Gasteiger partial charge in [0, 0.05) is 30.6 Å². The van der Waals surface area contributed by atoms with Gasteiger partial charge >= 0.3 is 0 Å². The third kappa shape index (κ3) is 2.69. The minimum absolute atomic E-state index is 0.466. The lowest BCUT2D eigenvalue weighted by molar-refractivity contribution is 0.322. The molecule has 0 bridgehead atoms. The van der Waals surface area contributed by atoms with Crippen molar-refractivity contribution >= 4 is 12.0 Å². The number of ether oxygens (including phenoxy) is 1. The van der Waals surface area contributed by atoms with E-state index >= 15 is 0 Å². The fourth-order valence-corrected chi connectivity index (χ4v) is 1.94. The second-order valence-corrected chi connectivity index (χ2v) is 4.20. The van der Waals surface area contributed by atoms with Crippen LogP contribution in [-0.4, -0.2) is 27.3 Å². The van der Waals surface area contributed by atoms with E-state index < -0.39 is 0 Å². The largest absolute Gasteiger partial charge is 0.476 e. The first-order valence-corrected chi connectivity index (χ1v) is 6.26. The van der Waals surface area contributed by atoms with Crippen molar-refractivity contribution in [1.29, 1.82) is 0 Å². The zero-order valence-electron chi connectivity index (χ0n) is 11.7. The van der Waals surface area contributed by atoms with E-state index in [2.05, 4.69) is 15.8 Å². The summed E-state index contributed by atoms with van der Waals surface area (Å²) in [5, 5.41) is 4.32. The van der Waals surface area contributed by atoms with Crippen LogP contribution >= 0.6 is 0 Å². The highest BCUT2D eigenvalue weighted by atomic mass is 16.5. The quantitative estimate of drug-likeness (QED) is 0.630. The summed E-state index contributed by atoms with van der Waals surface area (Å²) in [7, 11) is 1.82. The SMILES string of the molecule is CCOc1nn(C)c(-c2ccc(C)nc2)c1C=C=C=O. The fourth-order valence-electron chi connectivity index (χ4n) is 1.94. The smallest absolute Gasteiger partial charge is 0.241 e.